The highest BCUT2D eigenvalue weighted by atomic mass is 16.6. The van der Waals surface area contributed by atoms with Gasteiger partial charge < -0.3 is 25.4 Å². The molecule has 0 saturated carbocycles. The average Bonchev–Trinajstić information content (AvgIpc) is 2.81. The van der Waals surface area contributed by atoms with E-state index in [2.05, 4.69) is 10.6 Å². The summed E-state index contributed by atoms with van der Waals surface area (Å²) in [5.41, 5.74) is 2.35. The largest absolute Gasteiger partial charge is 0.444 e. The minimum atomic E-state index is -1.27. The van der Waals surface area contributed by atoms with Crippen LogP contribution in [0.25, 0.3) is 0 Å². The molecule has 2 aromatic rings. The van der Waals surface area contributed by atoms with E-state index in [9.17, 15) is 19.5 Å². The average molecular weight is 498 g/mol. The molecule has 2 atom stereocenters. The SMILES string of the molecule is CCCCN(C(=O)C(CO)NC(=O)OC(C)(C)C)C(C(=O)Nc1c(C)cccc1C)c1ccccc1. The first kappa shape index (κ1) is 28.8. The van der Waals surface area contributed by atoms with Crippen LogP contribution in [0.2, 0.25) is 0 Å². The number of anilines is 1. The number of carbonyl (C=O) groups excluding carboxylic acids is 3. The van der Waals surface area contributed by atoms with Crippen molar-refractivity contribution in [1.29, 1.82) is 0 Å². The molecule has 2 aromatic carbocycles. The summed E-state index contributed by atoms with van der Waals surface area (Å²) in [5, 5.41) is 15.5. The van der Waals surface area contributed by atoms with Crippen molar-refractivity contribution in [2.45, 2.75) is 72.1 Å². The number of benzene rings is 2. The number of aliphatic hydroxyl groups is 1. The maximum Gasteiger partial charge on any atom is 0.408 e. The van der Waals surface area contributed by atoms with Gasteiger partial charge in [0.05, 0.1) is 6.61 Å². The topological polar surface area (TPSA) is 108 Å². The molecule has 196 valence electrons. The van der Waals surface area contributed by atoms with Gasteiger partial charge in [0.2, 0.25) is 5.91 Å². The van der Waals surface area contributed by atoms with Gasteiger partial charge in [-0.25, -0.2) is 4.79 Å². The third-order valence-electron chi connectivity index (χ3n) is 5.61. The highest BCUT2D eigenvalue weighted by Crippen LogP contribution is 2.27. The van der Waals surface area contributed by atoms with Crippen LogP contribution in [-0.4, -0.2) is 52.7 Å². The number of aryl methyl sites for hydroxylation is 2. The summed E-state index contributed by atoms with van der Waals surface area (Å²) >= 11 is 0. The van der Waals surface area contributed by atoms with Crippen LogP contribution in [-0.2, 0) is 14.3 Å². The van der Waals surface area contributed by atoms with Crippen LogP contribution >= 0.6 is 0 Å². The minimum absolute atomic E-state index is 0.265. The van der Waals surface area contributed by atoms with Gasteiger partial charge in [-0.05, 0) is 57.7 Å². The predicted octanol–water partition coefficient (Wildman–Crippen LogP) is 4.50. The van der Waals surface area contributed by atoms with E-state index in [0.29, 0.717) is 17.7 Å². The molecule has 0 aliphatic carbocycles. The summed E-state index contributed by atoms with van der Waals surface area (Å²) < 4.78 is 5.27. The molecule has 0 aliphatic rings. The molecule has 0 spiro atoms. The van der Waals surface area contributed by atoms with E-state index in [-0.39, 0.29) is 12.5 Å². The van der Waals surface area contributed by atoms with Gasteiger partial charge >= 0.3 is 6.09 Å². The number of amides is 3. The first-order valence-electron chi connectivity index (χ1n) is 12.3. The third-order valence-corrected chi connectivity index (χ3v) is 5.61. The highest BCUT2D eigenvalue weighted by Gasteiger charge is 2.36. The van der Waals surface area contributed by atoms with Gasteiger partial charge in [0.25, 0.3) is 5.91 Å². The zero-order valence-electron chi connectivity index (χ0n) is 22.1. The summed E-state index contributed by atoms with van der Waals surface area (Å²) in [6, 6.07) is 12.5. The van der Waals surface area contributed by atoms with Crippen LogP contribution in [0.3, 0.4) is 0 Å². The fraction of sp³-hybridized carbons (Fsp3) is 0.464. The van der Waals surface area contributed by atoms with Crippen molar-refractivity contribution in [3.05, 3.63) is 65.2 Å². The van der Waals surface area contributed by atoms with Crippen LogP contribution in [0.4, 0.5) is 10.5 Å². The predicted molar refractivity (Wildman–Crippen MR) is 141 cm³/mol. The Labute approximate surface area is 214 Å². The molecule has 2 unspecified atom stereocenters. The van der Waals surface area contributed by atoms with Crippen LogP contribution < -0.4 is 10.6 Å². The van der Waals surface area contributed by atoms with E-state index in [0.717, 1.165) is 17.5 Å². The van der Waals surface area contributed by atoms with E-state index < -0.39 is 36.3 Å². The second-order valence-electron chi connectivity index (χ2n) is 9.84. The first-order valence-corrected chi connectivity index (χ1v) is 12.3. The number of rotatable bonds is 10. The van der Waals surface area contributed by atoms with E-state index in [4.69, 9.17) is 4.74 Å². The van der Waals surface area contributed by atoms with Crippen molar-refractivity contribution >= 4 is 23.6 Å². The van der Waals surface area contributed by atoms with Crippen LogP contribution in [0, 0.1) is 13.8 Å². The van der Waals surface area contributed by atoms with Gasteiger partial charge in [-0.15, -0.1) is 0 Å². The number of nitrogens with one attached hydrogen (secondary N) is 2. The van der Waals surface area contributed by atoms with Crippen molar-refractivity contribution in [3.63, 3.8) is 0 Å². The van der Waals surface area contributed by atoms with Gasteiger partial charge in [-0.2, -0.15) is 0 Å². The molecular formula is C28H39N3O5. The molecule has 0 radical (unpaired) electrons. The number of unbranched alkanes of at least 4 members (excludes halogenated alkanes) is 1. The number of alkyl carbamates (subject to hydrolysis) is 1. The Morgan fingerprint density at radius 3 is 2.14 bits per heavy atom. The molecule has 0 aliphatic heterocycles. The van der Waals surface area contributed by atoms with Crippen LogP contribution in [0.15, 0.2) is 48.5 Å². The summed E-state index contributed by atoms with van der Waals surface area (Å²) in [6.45, 7) is 10.6. The van der Waals surface area contributed by atoms with E-state index in [1.807, 2.05) is 45.0 Å². The molecule has 0 aromatic heterocycles. The Morgan fingerprint density at radius 1 is 1.00 bits per heavy atom. The fourth-order valence-electron chi connectivity index (χ4n) is 3.84. The molecule has 2 rings (SSSR count). The smallest absolute Gasteiger partial charge is 0.408 e. The van der Waals surface area contributed by atoms with Crippen LogP contribution in [0.1, 0.15) is 63.3 Å². The Kier molecular flexibility index (Phi) is 10.5. The highest BCUT2D eigenvalue weighted by molar-refractivity contribution is 5.99. The Morgan fingerprint density at radius 2 is 1.61 bits per heavy atom. The fourth-order valence-corrected chi connectivity index (χ4v) is 3.84. The Hall–Kier alpha value is -3.39. The standard InChI is InChI=1S/C28H39N3O5/c1-7-8-17-31(26(34)22(18-32)29-27(35)36-28(4,5)6)24(21-15-10-9-11-16-21)25(33)30-23-19(2)13-12-14-20(23)3/h9-16,22,24,32H,7-8,17-18H2,1-6H3,(H,29,35)(H,30,33). The summed E-state index contributed by atoms with van der Waals surface area (Å²) in [4.78, 5) is 41.3. The van der Waals surface area contributed by atoms with Gasteiger partial charge in [0.15, 0.2) is 0 Å². The molecule has 0 bridgehead atoms. The Balaban J connectivity index is 2.46. The number of hydrogen-bond acceptors (Lipinski definition) is 5. The van der Waals surface area contributed by atoms with Gasteiger partial charge in [-0.3, -0.25) is 9.59 Å². The molecule has 0 heterocycles. The second-order valence-corrected chi connectivity index (χ2v) is 9.84. The second kappa shape index (κ2) is 13.1. The van der Waals surface area contributed by atoms with Gasteiger partial charge in [-0.1, -0.05) is 61.9 Å². The van der Waals surface area contributed by atoms with Gasteiger partial charge in [0, 0.05) is 12.2 Å². The lowest BCUT2D eigenvalue weighted by Gasteiger charge is -2.34. The molecule has 8 heteroatoms. The zero-order chi connectivity index (χ0) is 26.9. The number of para-hydroxylation sites is 1. The molecule has 36 heavy (non-hydrogen) atoms. The first-order chi connectivity index (χ1) is 17.0. The zero-order valence-corrected chi connectivity index (χ0v) is 22.1. The lowest BCUT2D eigenvalue weighted by molar-refractivity contribution is -0.141. The van der Waals surface area contributed by atoms with Crippen LogP contribution in [0.5, 0.6) is 0 Å². The number of nitrogens with zero attached hydrogens (tertiary/aromatic N) is 1. The molecule has 0 fully saturated rings. The summed E-state index contributed by atoms with van der Waals surface area (Å²) in [7, 11) is 0. The van der Waals surface area contributed by atoms with Crippen molar-refractivity contribution in [1.82, 2.24) is 10.2 Å². The molecule has 0 saturated heterocycles. The number of hydrogen-bond donors (Lipinski definition) is 3. The molecular weight excluding hydrogens is 458 g/mol. The Bertz CT molecular complexity index is 1010. The molecule has 3 N–H and O–H groups in total. The lowest BCUT2D eigenvalue weighted by atomic mass is 10.0. The summed E-state index contributed by atoms with van der Waals surface area (Å²) in [5.74, 6) is -0.945. The normalized spacial score (nSPS) is 12.9. The maximum atomic E-state index is 13.8. The monoisotopic (exact) mass is 497 g/mol. The van der Waals surface area contributed by atoms with Crippen molar-refractivity contribution in [2.24, 2.45) is 0 Å². The molecule has 3 amide bonds. The van der Waals surface area contributed by atoms with Crippen molar-refractivity contribution < 1.29 is 24.2 Å². The van der Waals surface area contributed by atoms with E-state index in [1.165, 1.54) is 4.90 Å². The number of aliphatic hydroxyl groups excluding tert-OH is 1. The van der Waals surface area contributed by atoms with Gasteiger partial charge in [0.1, 0.15) is 17.7 Å². The third kappa shape index (κ3) is 8.09. The minimum Gasteiger partial charge on any atom is -0.444 e. The van der Waals surface area contributed by atoms with E-state index >= 15 is 0 Å². The summed E-state index contributed by atoms with van der Waals surface area (Å²) in [6.07, 6.45) is 0.602. The number of ether oxygens (including phenoxy) is 1. The van der Waals surface area contributed by atoms with Crippen molar-refractivity contribution in [2.75, 3.05) is 18.5 Å². The molecule has 8 nitrogen and oxygen atoms in total. The lowest BCUT2D eigenvalue weighted by Crippen LogP contribution is -2.54. The quantitative estimate of drug-likeness (QED) is 0.448. The van der Waals surface area contributed by atoms with E-state index in [1.54, 1.807) is 45.0 Å². The maximum absolute atomic E-state index is 13.8. The van der Waals surface area contributed by atoms with Crippen molar-refractivity contribution in [3.8, 4) is 0 Å². The number of carbonyl (C=O) groups is 3.